The molecule has 0 aliphatic heterocycles. The molecule has 0 fully saturated rings. The fourth-order valence-corrected chi connectivity index (χ4v) is 1.64. The lowest BCUT2D eigenvalue weighted by atomic mass is 9.99. The van der Waals surface area contributed by atoms with E-state index in [1.54, 1.807) is 6.08 Å². The van der Waals surface area contributed by atoms with E-state index < -0.39 is 11.6 Å². The summed E-state index contributed by atoms with van der Waals surface area (Å²) in [5, 5.41) is 8.70. The van der Waals surface area contributed by atoms with E-state index in [0.717, 1.165) is 6.42 Å². The highest BCUT2D eigenvalue weighted by Gasteiger charge is 2.36. The Balaban J connectivity index is 2.67. The van der Waals surface area contributed by atoms with Crippen LogP contribution in [0.5, 0.6) is 0 Å². The SMILES string of the molecule is O=C(O)CC1(OC(=O)CI)C=CCC1. The van der Waals surface area contributed by atoms with Crippen LogP contribution in [0, 0.1) is 0 Å². The molecule has 0 aromatic heterocycles. The van der Waals surface area contributed by atoms with E-state index in [2.05, 4.69) is 0 Å². The summed E-state index contributed by atoms with van der Waals surface area (Å²) in [4.78, 5) is 21.7. The summed E-state index contributed by atoms with van der Waals surface area (Å²) in [5.41, 5.74) is -0.895. The normalized spacial score (nSPS) is 24.9. The molecule has 1 unspecified atom stereocenters. The Labute approximate surface area is 95.5 Å². The van der Waals surface area contributed by atoms with Crippen LogP contribution in [0.1, 0.15) is 19.3 Å². The van der Waals surface area contributed by atoms with Gasteiger partial charge in [-0.15, -0.1) is 0 Å². The van der Waals surface area contributed by atoms with E-state index >= 15 is 0 Å². The molecule has 0 spiro atoms. The number of esters is 1. The number of hydrogen-bond donors (Lipinski definition) is 1. The van der Waals surface area contributed by atoms with Crippen LogP contribution >= 0.6 is 22.6 Å². The van der Waals surface area contributed by atoms with Crippen LogP contribution in [-0.2, 0) is 14.3 Å². The first-order valence-corrected chi connectivity index (χ1v) is 5.78. The first-order chi connectivity index (χ1) is 6.58. The third-order valence-electron chi connectivity index (χ3n) is 2.03. The minimum atomic E-state index is -0.946. The Morgan fingerprint density at radius 3 is 2.71 bits per heavy atom. The van der Waals surface area contributed by atoms with Crippen molar-refractivity contribution in [2.45, 2.75) is 24.9 Å². The second-order valence-corrected chi connectivity index (χ2v) is 3.95. The Morgan fingerprint density at radius 1 is 1.57 bits per heavy atom. The average molecular weight is 310 g/mol. The number of carboxylic acid groups (broad SMARTS) is 1. The van der Waals surface area contributed by atoms with Crippen LogP contribution in [0.25, 0.3) is 0 Å². The van der Waals surface area contributed by atoms with Gasteiger partial charge in [0.2, 0.25) is 0 Å². The van der Waals surface area contributed by atoms with Gasteiger partial charge in [0, 0.05) is 0 Å². The van der Waals surface area contributed by atoms with E-state index in [-0.39, 0.29) is 16.8 Å². The van der Waals surface area contributed by atoms with E-state index in [1.807, 2.05) is 28.7 Å². The highest BCUT2D eigenvalue weighted by atomic mass is 127. The Morgan fingerprint density at radius 2 is 2.29 bits per heavy atom. The van der Waals surface area contributed by atoms with Gasteiger partial charge in [-0.25, -0.2) is 0 Å². The fraction of sp³-hybridized carbons (Fsp3) is 0.556. The largest absolute Gasteiger partial charge is 0.481 e. The van der Waals surface area contributed by atoms with Crippen LogP contribution in [-0.4, -0.2) is 27.1 Å². The number of allylic oxidation sites excluding steroid dienone is 1. The van der Waals surface area contributed by atoms with Gasteiger partial charge in [-0.3, -0.25) is 9.59 Å². The van der Waals surface area contributed by atoms with Gasteiger partial charge in [0.05, 0.1) is 10.8 Å². The van der Waals surface area contributed by atoms with Gasteiger partial charge in [0.25, 0.3) is 0 Å². The predicted octanol–water partition coefficient (Wildman–Crippen LogP) is 1.53. The van der Waals surface area contributed by atoms with Gasteiger partial charge in [-0.1, -0.05) is 28.7 Å². The molecule has 0 radical (unpaired) electrons. The van der Waals surface area contributed by atoms with Gasteiger partial charge >= 0.3 is 11.9 Å². The second-order valence-electron chi connectivity index (χ2n) is 3.18. The topological polar surface area (TPSA) is 63.6 Å². The van der Waals surface area contributed by atoms with Crippen LogP contribution in [0.15, 0.2) is 12.2 Å². The molecule has 4 nitrogen and oxygen atoms in total. The number of halogens is 1. The van der Waals surface area contributed by atoms with Gasteiger partial charge in [0.1, 0.15) is 5.60 Å². The maximum Gasteiger partial charge on any atom is 0.316 e. The third kappa shape index (κ3) is 2.97. The highest BCUT2D eigenvalue weighted by molar-refractivity contribution is 14.1. The Hall–Kier alpha value is -0.590. The fourth-order valence-electron chi connectivity index (χ4n) is 1.49. The number of hydrogen-bond acceptors (Lipinski definition) is 3. The molecule has 1 N–H and O–H groups in total. The van der Waals surface area contributed by atoms with Crippen molar-refractivity contribution in [2.24, 2.45) is 0 Å². The number of alkyl halides is 1. The molecular weight excluding hydrogens is 299 g/mol. The van der Waals surface area contributed by atoms with Gasteiger partial charge in [0.15, 0.2) is 0 Å². The van der Waals surface area contributed by atoms with Crippen molar-refractivity contribution < 1.29 is 19.4 Å². The third-order valence-corrected chi connectivity index (χ3v) is 2.66. The smallest absolute Gasteiger partial charge is 0.316 e. The number of carbonyl (C=O) groups is 2. The molecule has 0 aromatic carbocycles. The van der Waals surface area contributed by atoms with Crippen LogP contribution in [0.2, 0.25) is 0 Å². The summed E-state index contributed by atoms with van der Waals surface area (Å²) in [5.74, 6) is -1.31. The molecule has 14 heavy (non-hydrogen) atoms. The molecule has 0 amide bonds. The number of carboxylic acids is 1. The molecule has 0 saturated heterocycles. The van der Waals surface area contributed by atoms with Gasteiger partial charge < -0.3 is 9.84 Å². The van der Waals surface area contributed by atoms with Crippen molar-refractivity contribution in [2.75, 3.05) is 4.43 Å². The van der Waals surface area contributed by atoms with Crippen molar-refractivity contribution in [1.82, 2.24) is 0 Å². The Bertz CT molecular complexity index is 274. The molecular formula is C9H11IO4. The summed E-state index contributed by atoms with van der Waals surface area (Å²) in [6.45, 7) is 0. The zero-order valence-corrected chi connectivity index (χ0v) is 9.69. The summed E-state index contributed by atoms with van der Waals surface area (Å²) in [7, 11) is 0. The minimum Gasteiger partial charge on any atom is -0.481 e. The van der Waals surface area contributed by atoms with E-state index in [1.165, 1.54) is 0 Å². The maximum absolute atomic E-state index is 11.1. The molecule has 1 rings (SSSR count). The number of aliphatic carboxylic acids is 1. The van der Waals surface area contributed by atoms with Crippen LogP contribution in [0.4, 0.5) is 0 Å². The van der Waals surface area contributed by atoms with Crippen molar-refractivity contribution in [3.8, 4) is 0 Å². The lowest BCUT2D eigenvalue weighted by molar-refractivity contribution is -0.156. The van der Waals surface area contributed by atoms with Crippen molar-refractivity contribution in [1.29, 1.82) is 0 Å². The van der Waals surface area contributed by atoms with Crippen molar-refractivity contribution in [3.05, 3.63) is 12.2 Å². The summed E-state index contributed by atoms with van der Waals surface area (Å²) in [6, 6.07) is 0. The first kappa shape index (κ1) is 11.5. The quantitative estimate of drug-likeness (QED) is 0.370. The summed E-state index contributed by atoms with van der Waals surface area (Å²) in [6.07, 6.45) is 4.73. The van der Waals surface area contributed by atoms with Gasteiger partial charge in [-0.2, -0.15) is 0 Å². The van der Waals surface area contributed by atoms with Crippen LogP contribution < -0.4 is 0 Å². The lowest BCUT2D eigenvalue weighted by Crippen LogP contribution is -2.34. The molecule has 5 heteroatoms. The first-order valence-electron chi connectivity index (χ1n) is 4.25. The van der Waals surface area contributed by atoms with Crippen molar-refractivity contribution in [3.63, 3.8) is 0 Å². The van der Waals surface area contributed by atoms with Crippen LogP contribution in [0.3, 0.4) is 0 Å². The van der Waals surface area contributed by atoms with E-state index in [4.69, 9.17) is 9.84 Å². The zero-order chi connectivity index (χ0) is 10.6. The average Bonchev–Trinajstić information content (AvgIpc) is 2.51. The summed E-state index contributed by atoms with van der Waals surface area (Å²) >= 11 is 1.89. The minimum absolute atomic E-state index is 0.147. The Kier molecular flexibility index (Phi) is 3.91. The highest BCUT2D eigenvalue weighted by Crippen LogP contribution is 2.30. The van der Waals surface area contributed by atoms with Crippen molar-refractivity contribution >= 4 is 34.5 Å². The standard InChI is InChI=1S/C9H11IO4/c10-6-8(13)14-9(5-7(11)12)3-1-2-4-9/h1,3H,2,4-6H2,(H,11,12). The van der Waals surface area contributed by atoms with E-state index in [0.29, 0.717) is 6.42 Å². The number of rotatable bonds is 4. The lowest BCUT2D eigenvalue weighted by Gasteiger charge is -2.25. The molecule has 1 aliphatic carbocycles. The molecule has 1 aliphatic rings. The molecule has 0 aromatic rings. The molecule has 0 heterocycles. The predicted molar refractivity (Wildman–Crippen MR) is 58.3 cm³/mol. The monoisotopic (exact) mass is 310 g/mol. The molecule has 0 saturated carbocycles. The second kappa shape index (κ2) is 4.77. The number of ether oxygens (including phenoxy) is 1. The van der Waals surface area contributed by atoms with E-state index in [9.17, 15) is 9.59 Å². The maximum atomic E-state index is 11.1. The number of carbonyl (C=O) groups excluding carboxylic acids is 1. The van der Waals surface area contributed by atoms with Gasteiger partial charge in [-0.05, 0) is 18.9 Å². The zero-order valence-electron chi connectivity index (χ0n) is 7.53. The molecule has 78 valence electrons. The summed E-state index contributed by atoms with van der Waals surface area (Å²) < 4.78 is 5.39. The molecule has 1 atom stereocenters. The molecule has 0 bridgehead atoms.